The number of hydrogen-bond acceptors (Lipinski definition) is 2. The molecule has 126 valence electrons. The molecular formula is C15H21ClF4N2. The fourth-order valence-corrected chi connectivity index (χ4v) is 2.73. The van der Waals surface area contributed by atoms with E-state index >= 15 is 0 Å². The van der Waals surface area contributed by atoms with E-state index in [4.69, 9.17) is 0 Å². The van der Waals surface area contributed by atoms with E-state index in [1.54, 1.807) is 19.1 Å². The number of alkyl halides is 3. The first-order valence-corrected chi connectivity index (χ1v) is 7.14. The average molecular weight is 341 g/mol. The monoisotopic (exact) mass is 340 g/mol. The maximum absolute atomic E-state index is 14.2. The highest BCUT2D eigenvalue weighted by Gasteiger charge is 2.32. The van der Waals surface area contributed by atoms with Gasteiger partial charge in [-0.2, -0.15) is 13.2 Å². The summed E-state index contributed by atoms with van der Waals surface area (Å²) < 4.78 is 51.8. The van der Waals surface area contributed by atoms with Crippen molar-refractivity contribution in [3.63, 3.8) is 0 Å². The number of rotatable bonds is 4. The smallest absolute Gasteiger partial charge is 0.314 e. The van der Waals surface area contributed by atoms with Crippen LogP contribution in [0.15, 0.2) is 18.2 Å². The lowest BCUT2D eigenvalue weighted by atomic mass is 9.97. The van der Waals surface area contributed by atoms with E-state index in [-0.39, 0.29) is 18.8 Å². The van der Waals surface area contributed by atoms with Crippen LogP contribution in [0, 0.1) is 12.7 Å². The topological polar surface area (TPSA) is 15.3 Å². The summed E-state index contributed by atoms with van der Waals surface area (Å²) in [5, 5.41) is 3.16. The highest BCUT2D eigenvalue weighted by Crippen LogP contribution is 2.33. The molecule has 1 aliphatic heterocycles. The summed E-state index contributed by atoms with van der Waals surface area (Å²) >= 11 is 0. The van der Waals surface area contributed by atoms with E-state index in [1.165, 1.54) is 6.07 Å². The highest BCUT2D eigenvalue weighted by molar-refractivity contribution is 5.85. The number of halogens is 5. The third-order valence-corrected chi connectivity index (χ3v) is 3.81. The van der Waals surface area contributed by atoms with Crippen molar-refractivity contribution in [1.82, 2.24) is 10.2 Å². The molecule has 0 saturated carbocycles. The predicted molar refractivity (Wildman–Crippen MR) is 80.9 cm³/mol. The normalized spacial score (nSPS) is 17.9. The zero-order valence-corrected chi connectivity index (χ0v) is 13.2. The number of benzene rings is 1. The molecule has 2 rings (SSSR count). The predicted octanol–water partition coefficient (Wildman–Crippen LogP) is 3.84. The van der Waals surface area contributed by atoms with E-state index in [1.807, 2.05) is 4.90 Å². The molecule has 1 saturated heterocycles. The van der Waals surface area contributed by atoms with Crippen molar-refractivity contribution in [3.8, 4) is 0 Å². The van der Waals surface area contributed by atoms with Gasteiger partial charge in [-0.15, -0.1) is 12.4 Å². The Balaban J connectivity index is 0.00000242. The second-order valence-electron chi connectivity index (χ2n) is 5.48. The van der Waals surface area contributed by atoms with Gasteiger partial charge in [-0.3, -0.25) is 4.90 Å². The van der Waals surface area contributed by atoms with Crippen LogP contribution in [0.1, 0.15) is 30.0 Å². The lowest BCUT2D eigenvalue weighted by Crippen LogP contribution is -2.45. The van der Waals surface area contributed by atoms with Gasteiger partial charge in [-0.05, 0) is 25.0 Å². The molecule has 0 bridgehead atoms. The van der Waals surface area contributed by atoms with Gasteiger partial charge in [0.25, 0.3) is 0 Å². The molecule has 0 radical (unpaired) electrons. The molecule has 1 aliphatic rings. The lowest BCUT2D eigenvalue weighted by Gasteiger charge is -2.35. The summed E-state index contributed by atoms with van der Waals surface area (Å²) in [6, 6.07) is 4.24. The van der Waals surface area contributed by atoms with Gasteiger partial charge < -0.3 is 5.32 Å². The Bertz CT molecular complexity index is 473. The van der Waals surface area contributed by atoms with Gasteiger partial charge in [0.05, 0.1) is 0 Å². The first-order chi connectivity index (χ1) is 9.87. The molecule has 0 aromatic heterocycles. The molecular weight excluding hydrogens is 320 g/mol. The molecule has 0 spiro atoms. The van der Waals surface area contributed by atoms with Crippen LogP contribution in [0.4, 0.5) is 17.6 Å². The first-order valence-electron chi connectivity index (χ1n) is 7.14. The Morgan fingerprint density at radius 2 is 1.86 bits per heavy atom. The van der Waals surface area contributed by atoms with E-state index in [0.29, 0.717) is 18.7 Å². The second kappa shape index (κ2) is 8.13. The zero-order chi connectivity index (χ0) is 15.5. The minimum absolute atomic E-state index is 0. The number of aryl methyl sites for hydroxylation is 1. The van der Waals surface area contributed by atoms with Crippen LogP contribution >= 0.6 is 12.4 Å². The van der Waals surface area contributed by atoms with Gasteiger partial charge in [-0.1, -0.05) is 12.1 Å². The Kier molecular flexibility index (Phi) is 7.09. The molecule has 0 aliphatic carbocycles. The van der Waals surface area contributed by atoms with Crippen molar-refractivity contribution in [2.45, 2.75) is 32.0 Å². The average Bonchev–Trinajstić information content (AvgIpc) is 2.41. The van der Waals surface area contributed by atoms with Crippen molar-refractivity contribution >= 4 is 12.4 Å². The van der Waals surface area contributed by atoms with Crippen LogP contribution in [-0.2, 0) is 0 Å². The van der Waals surface area contributed by atoms with Gasteiger partial charge in [0.15, 0.2) is 0 Å². The number of nitrogens with zero attached hydrogens (tertiary/aromatic N) is 1. The maximum Gasteiger partial charge on any atom is 0.389 e. The van der Waals surface area contributed by atoms with E-state index in [0.717, 1.165) is 18.7 Å². The molecule has 2 nitrogen and oxygen atoms in total. The van der Waals surface area contributed by atoms with Crippen molar-refractivity contribution in [2.75, 3.05) is 26.2 Å². The minimum Gasteiger partial charge on any atom is -0.314 e. The van der Waals surface area contributed by atoms with Gasteiger partial charge in [0.2, 0.25) is 0 Å². The van der Waals surface area contributed by atoms with Gasteiger partial charge in [0.1, 0.15) is 5.82 Å². The van der Waals surface area contributed by atoms with Crippen LogP contribution in [0.5, 0.6) is 0 Å². The van der Waals surface area contributed by atoms with E-state index in [2.05, 4.69) is 5.32 Å². The Labute approximate surface area is 134 Å². The van der Waals surface area contributed by atoms with Crippen LogP contribution < -0.4 is 5.32 Å². The molecule has 1 aromatic carbocycles. The molecule has 22 heavy (non-hydrogen) atoms. The number of piperazine rings is 1. The quantitative estimate of drug-likeness (QED) is 0.838. The van der Waals surface area contributed by atoms with Gasteiger partial charge >= 0.3 is 6.18 Å². The minimum atomic E-state index is -4.21. The summed E-state index contributed by atoms with van der Waals surface area (Å²) in [7, 11) is 0. The summed E-state index contributed by atoms with van der Waals surface area (Å²) in [4.78, 5) is 1.94. The highest BCUT2D eigenvalue weighted by atomic mass is 35.5. The Hall–Kier alpha value is -0.850. The Morgan fingerprint density at radius 3 is 2.41 bits per heavy atom. The number of nitrogens with one attached hydrogen (secondary N) is 1. The van der Waals surface area contributed by atoms with Crippen LogP contribution in [-0.4, -0.2) is 37.3 Å². The fourth-order valence-electron chi connectivity index (χ4n) is 2.73. The van der Waals surface area contributed by atoms with Crippen molar-refractivity contribution in [1.29, 1.82) is 0 Å². The van der Waals surface area contributed by atoms with Crippen molar-refractivity contribution < 1.29 is 17.6 Å². The molecule has 1 heterocycles. The van der Waals surface area contributed by atoms with Crippen LogP contribution in [0.25, 0.3) is 0 Å². The maximum atomic E-state index is 14.2. The van der Waals surface area contributed by atoms with Crippen molar-refractivity contribution in [3.05, 3.63) is 35.1 Å². The van der Waals surface area contributed by atoms with Crippen LogP contribution in [0.2, 0.25) is 0 Å². The van der Waals surface area contributed by atoms with Crippen molar-refractivity contribution in [2.24, 2.45) is 0 Å². The van der Waals surface area contributed by atoms with Gasteiger partial charge in [-0.25, -0.2) is 4.39 Å². The molecule has 0 amide bonds. The fraction of sp³-hybridized carbons (Fsp3) is 0.600. The summed E-state index contributed by atoms with van der Waals surface area (Å²) in [6.45, 7) is 4.47. The zero-order valence-electron chi connectivity index (χ0n) is 12.4. The third-order valence-electron chi connectivity index (χ3n) is 3.81. The SMILES string of the molecule is Cc1ccc([C@H](CCC(F)(F)F)N2CCNCC2)c(F)c1.Cl. The molecule has 1 atom stereocenters. The largest absolute Gasteiger partial charge is 0.389 e. The van der Waals surface area contributed by atoms with E-state index < -0.39 is 24.5 Å². The standard InChI is InChI=1S/C15H20F4N2.ClH/c1-11-2-3-12(13(16)10-11)14(4-5-15(17,18)19)21-8-6-20-7-9-21;/h2-3,10,14,20H,4-9H2,1H3;1H/t14-;/m0./s1. The summed E-state index contributed by atoms with van der Waals surface area (Å²) in [5.41, 5.74) is 1.14. The molecule has 1 fully saturated rings. The molecule has 1 N–H and O–H groups in total. The molecule has 7 heteroatoms. The first kappa shape index (κ1) is 19.2. The van der Waals surface area contributed by atoms with Crippen LogP contribution in [0.3, 0.4) is 0 Å². The third kappa shape index (κ3) is 5.41. The molecule has 1 aromatic rings. The Morgan fingerprint density at radius 1 is 1.23 bits per heavy atom. The lowest BCUT2D eigenvalue weighted by molar-refractivity contribution is -0.138. The second-order valence-corrected chi connectivity index (χ2v) is 5.48. The van der Waals surface area contributed by atoms with Gasteiger partial charge in [0, 0.05) is 44.2 Å². The summed E-state index contributed by atoms with van der Waals surface area (Å²) in [6.07, 6.45) is -5.22. The number of hydrogen-bond donors (Lipinski definition) is 1. The van der Waals surface area contributed by atoms with E-state index in [9.17, 15) is 17.6 Å². The molecule has 0 unspecified atom stereocenters. The summed E-state index contributed by atoms with van der Waals surface area (Å²) in [5.74, 6) is -0.416.